The first-order chi connectivity index (χ1) is 13.9. The fraction of sp³-hybridized carbons (Fsp3) is 0.150. The SMILES string of the molecule is COc1cc(C(=O)Nc2cc(C(=O)N(C)Cc3ccco3)c(F)cc2F)ccn1. The summed E-state index contributed by atoms with van der Waals surface area (Å²) in [6, 6.07) is 7.61. The van der Waals surface area contributed by atoms with Crippen LogP contribution in [-0.2, 0) is 6.54 Å². The molecule has 0 spiro atoms. The number of hydrogen-bond donors (Lipinski definition) is 1. The van der Waals surface area contributed by atoms with E-state index in [1.54, 1.807) is 12.1 Å². The van der Waals surface area contributed by atoms with Crippen molar-refractivity contribution in [3.63, 3.8) is 0 Å². The number of rotatable bonds is 6. The lowest BCUT2D eigenvalue weighted by molar-refractivity contribution is 0.0770. The van der Waals surface area contributed by atoms with Gasteiger partial charge in [-0.2, -0.15) is 0 Å². The van der Waals surface area contributed by atoms with Gasteiger partial charge in [0, 0.05) is 30.9 Å². The van der Waals surface area contributed by atoms with Crippen molar-refractivity contribution >= 4 is 17.5 Å². The molecule has 9 heteroatoms. The highest BCUT2D eigenvalue weighted by molar-refractivity contribution is 6.05. The molecule has 0 fully saturated rings. The topological polar surface area (TPSA) is 84.7 Å². The summed E-state index contributed by atoms with van der Waals surface area (Å²) in [5.74, 6) is -2.71. The molecule has 2 amide bonds. The molecule has 3 aromatic rings. The number of nitrogens with one attached hydrogen (secondary N) is 1. The lowest BCUT2D eigenvalue weighted by Crippen LogP contribution is -2.27. The van der Waals surface area contributed by atoms with Crippen LogP contribution in [-0.4, -0.2) is 35.9 Å². The van der Waals surface area contributed by atoms with Gasteiger partial charge in [0.1, 0.15) is 17.4 Å². The molecular weight excluding hydrogens is 384 g/mol. The minimum atomic E-state index is -1.04. The Morgan fingerprint density at radius 3 is 2.69 bits per heavy atom. The summed E-state index contributed by atoms with van der Waals surface area (Å²) < 4.78 is 38.5. The Bertz CT molecular complexity index is 1040. The van der Waals surface area contributed by atoms with Crippen LogP contribution in [0, 0.1) is 11.6 Å². The van der Waals surface area contributed by atoms with Gasteiger partial charge in [-0.15, -0.1) is 0 Å². The number of halogens is 2. The van der Waals surface area contributed by atoms with E-state index in [1.165, 1.54) is 43.7 Å². The molecule has 150 valence electrons. The molecule has 7 nitrogen and oxygen atoms in total. The van der Waals surface area contributed by atoms with E-state index >= 15 is 0 Å². The third-order valence-corrected chi connectivity index (χ3v) is 4.06. The first kappa shape index (κ1) is 20.0. The summed E-state index contributed by atoms with van der Waals surface area (Å²) in [5.41, 5.74) is -0.562. The number of benzene rings is 1. The molecule has 0 bridgehead atoms. The van der Waals surface area contributed by atoms with Crippen molar-refractivity contribution in [2.75, 3.05) is 19.5 Å². The maximum absolute atomic E-state index is 14.2. The molecule has 0 atom stereocenters. The van der Waals surface area contributed by atoms with Crippen LogP contribution in [0.2, 0.25) is 0 Å². The molecule has 0 aliphatic rings. The van der Waals surface area contributed by atoms with Crippen LogP contribution in [0.15, 0.2) is 53.3 Å². The summed E-state index contributed by atoms with van der Waals surface area (Å²) in [7, 11) is 2.84. The van der Waals surface area contributed by atoms with Crippen molar-refractivity contribution in [3.05, 3.63) is 77.4 Å². The predicted molar refractivity (Wildman–Crippen MR) is 99.6 cm³/mol. The lowest BCUT2D eigenvalue weighted by Gasteiger charge is -2.17. The fourth-order valence-corrected chi connectivity index (χ4v) is 2.58. The summed E-state index contributed by atoms with van der Waals surface area (Å²) >= 11 is 0. The monoisotopic (exact) mass is 401 g/mol. The summed E-state index contributed by atoms with van der Waals surface area (Å²) in [6.45, 7) is 0.0984. The fourth-order valence-electron chi connectivity index (χ4n) is 2.58. The largest absolute Gasteiger partial charge is 0.481 e. The summed E-state index contributed by atoms with van der Waals surface area (Å²) in [4.78, 5) is 30.1. The highest BCUT2D eigenvalue weighted by Crippen LogP contribution is 2.22. The van der Waals surface area contributed by atoms with Crippen molar-refractivity contribution in [1.82, 2.24) is 9.88 Å². The van der Waals surface area contributed by atoms with Crippen molar-refractivity contribution in [1.29, 1.82) is 0 Å². The molecule has 0 aliphatic heterocycles. The van der Waals surface area contributed by atoms with E-state index in [2.05, 4.69) is 10.3 Å². The molecule has 0 saturated carbocycles. The van der Waals surface area contributed by atoms with Crippen LogP contribution in [0.5, 0.6) is 5.88 Å². The van der Waals surface area contributed by atoms with Crippen LogP contribution in [0.1, 0.15) is 26.5 Å². The van der Waals surface area contributed by atoms with E-state index in [9.17, 15) is 18.4 Å². The van der Waals surface area contributed by atoms with Gasteiger partial charge in [-0.25, -0.2) is 13.8 Å². The number of hydrogen-bond acceptors (Lipinski definition) is 5. The summed E-state index contributed by atoms with van der Waals surface area (Å²) in [6.07, 6.45) is 2.81. The average Bonchev–Trinajstić information content (AvgIpc) is 3.22. The van der Waals surface area contributed by atoms with Gasteiger partial charge in [0.25, 0.3) is 11.8 Å². The van der Waals surface area contributed by atoms with E-state index in [0.29, 0.717) is 11.8 Å². The third-order valence-electron chi connectivity index (χ3n) is 4.06. The maximum atomic E-state index is 14.2. The number of furan rings is 1. The average molecular weight is 401 g/mol. The zero-order valence-electron chi connectivity index (χ0n) is 15.6. The van der Waals surface area contributed by atoms with Gasteiger partial charge in [-0.05, 0) is 24.3 Å². The smallest absolute Gasteiger partial charge is 0.257 e. The van der Waals surface area contributed by atoms with Gasteiger partial charge in [0.2, 0.25) is 5.88 Å². The quantitative estimate of drug-likeness (QED) is 0.684. The minimum absolute atomic E-state index is 0.0984. The van der Waals surface area contributed by atoms with Crippen LogP contribution < -0.4 is 10.1 Å². The van der Waals surface area contributed by atoms with Crippen LogP contribution in [0.4, 0.5) is 14.5 Å². The van der Waals surface area contributed by atoms with E-state index in [4.69, 9.17) is 9.15 Å². The molecular formula is C20H17F2N3O4. The molecule has 2 heterocycles. The molecule has 0 aliphatic carbocycles. The van der Waals surface area contributed by atoms with Crippen molar-refractivity contribution in [2.45, 2.75) is 6.54 Å². The third kappa shape index (κ3) is 4.57. The second-order valence-electron chi connectivity index (χ2n) is 6.09. The minimum Gasteiger partial charge on any atom is -0.481 e. The zero-order chi connectivity index (χ0) is 21.0. The first-order valence-electron chi connectivity index (χ1n) is 8.47. The number of ether oxygens (including phenoxy) is 1. The zero-order valence-corrected chi connectivity index (χ0v) is 15.6. The van der Waals surface area contributed by atoms with Crippen LogP contribution in [0.3, 0.4) is 0 Å². The number of methoxy groups -OCH3 is 1. The normalized spacial score (nSPS) is 10.5. The second kappa shape index (κ2) is 8.51. The van der Waals surface area contributed by atoms with Crippen molar-refractivity contribution in [2.24, 2.45) is 0 Å². The first-order valence-corrected chi connectivity index (χ1v) is 8.47. The van der Waals surface area contributed by atoms with Crippen LogP contribution in [0.25, 0.3) is 0 Å². The van der Waals surface area contributed by atoms with E-state index < -0.39 is 23.4 Å². The number of pyridine rings is 1. The molecule has 1 N–H and O–H groups in total. The van der Waals surface area contributed by atoms with E-state index in [0.717, 1.165) is 6.07 Å². The number of amides is 2. The maximum Gasteiger partial charge on any atom is 0.257 e. The highest BCUT2D eigenvalue weighted by Gasteiger charge is 2.21. The molecule has 2 aromatic heterocycles. The number of carbonyl (C=O) groups is 2. The Balaban J connectivity index is 1.83. The van der Waals surface area contributed by atoms with Gasteiger partial charge in [0.15, 0.2) is 0 Å². The molecule has 1 aromatic carbocycles. The Labute approximate surface area is 164 Å². The van der Waals surface area contributed by atoms with Crippen molar-refractivity contribution < 1.29 is 27.5 Å². The number of anilines is 1. The number of carbonyl (C=O) groups excluding carboxylic acids is 2. The molecule has 29 heavy (non-hydrogen) atoms. The van der Waals surface area contributed by atoms with E-state index in [1.807, 2.05) is 0 Å². The predicted octanol–water partition coefficient (Wildman–Crippen LogP) is 3.49. The Morgan fingerprint density at radius 2 is 2.00 bits per heavy atom. The molecule has 0 radical (unpaired) electrons. The highest BCUT2D eigenvalue weighted by atomic mass is 19.1. The standard InChI is InChI=1S/C20H17F2N3O4/c1-25(11-13-4-3-7-29-13)20(27)14-9-17(16(22)10-15(14)21)24-19(26)12-5-6-23-18(8-12)28-2/h3-10H,11H2,1-2H3,(H,24,26). The Kier molecular flexibility index (Phi) is 5.87. The Hall–Kier alpha value is -3.75. The van der Waals surface area contributed by atoms with Gasteiger partial charge < -0.3 is 19.4 Å². The van der Waals surface area contributed by atoms with Crippen LogP contribution >= 0.6 is 0 Å². The summed E-state index contributed by atoms with van der Waals surface area (Å²) in [5, 5.41) is 2.33. The van der Waals surface area contributed by atoms with Gasteiger partial charge in [0.05, 0.1) is 31.2 Å². The van der Waals surface area contributed by atoms with Gasteiger partial charge in [-0.3, -0.25) is 9.59 Å². The van der Waals surface area contributed by atoms with E-state index in [-0.39, 0.29) is 29.2 Å². The van der Waals surface area contributed by atoms with Gasteiger partial charge in [-0.1, -0.05) is 0 Å². The molecule has 3 rings (SSSR count). The lowest BCUT2D eigenvalue weighted by atomic mass is 10.1. The second-order valence-corrected chi connectivity index (χ2v) is 6.09. The molecule has 0 unspecified atom stereocenters. The number of aromatic nitrogens is 1. The van der Waals surface area contributed by atoms with Gasteiger partial charge >= 0.3 is 0 Å². The van der Waals surface area contributed by atoms with Crippen molar-refractivity contribution in [3.8, 4) is 5.88 Å². The molecule has 0 saturated heterocycles. The number of nitrogens with zero attached hydrogens (tertiary/aromatic N) is 2. The Morgan fingerprint density at radius 1 is 1.21 bits per heavy atom.